The smallest absolute Gasteiger partial charge is 0.264 e. The highest BCUT2D eigenvalue weighted by atomic mass is 32.2. The number of fused-ring (bicyclic) bond motifs is 2. The number of nitrogens with zero attached hydrogens (tertiary/aromatic N) is 1. The van der Waals surface area contributed by atoms with Gasteiger partial charge in [-0.05, 0) is 55.0 Å². The summed E-state index contributed by atoms with van der Waals surface area (Å²) in [6.45, 7) is 0. The van der Waals surface area contributed by atoms with E-state index in [4.69, 9.17) is 0 Å². The van der Waals surface area contributed by atoms with Crippen molar-refractivity contribution in [1.29, 1.82) is 0 Å². The number of para-hydroxylation sites is 1. The summed E-state index contributed by atoms with van der Waals surface area (Å²) in [5, 5.41) is 2.90. The Hall–Kier alpha value is -2.60. The van der Waals surface area contributed by atoms with Crippen molar-refractivity contribution in [3.8, 4) is 0 Å². The molecule has 27 heavy (non-hydrogen) atoms. The molecule has 1 amide bonds. The van der Waals surface area contributed by atoms with Gasteiger partial charge in [0.2, 0.25) is 5.91 Å². The SMILES string of the molecule is CN(c1ccccc1)S(=O)(=O)c1cccc(NC(=O)[C@@H]2C[C@H]3C=C[C@H]2C3)c1. The lowest BCUT2D eigenvalue weighted by atomic mass is 9.93. The molecule has 2 aliphatic rings. The normalized spacial score (nSPS) is 23.4. The van der Waals surface area contributed by atoms with Crippen molar-refractivity contribution in [2.75, 3.05) is 16.7 Å². The van der Waals surface area contributed by atoms with E-state index in [0.29, 0.717) is 23.2 Å². The average Bonchev–Trinajstić information content (AvgIpc) is 3.32. The third kappa shape index (κ3) is 3.37. The Morgan fingerprint density at radius 2 is 1.81 bits per heavy atom. The first-order chi connectivity index (χ1) is 12.9. The van der Waals surface area contributed by atoms with Gasteiger partial charge in [-0.3, -0.25) is 9.10 Å². The number of carbonyl (C=O) groups excluding carboxylic acids is 1. The van der Waals surface area contributed by atoms with Gasteiger partial charge in [0.05, 0.1) is 10.6 Å². The van der Waals surface area contributed by atoms with Crippen LogP contribution in [0.1, 0.15) is 12.8 Å². The molecule has 0 heterocycles. The summed E-state index contributed by atoms with van der Waals surface area (Å²) in [6.07, 6.45) is 6.26. The van der Waals surface area contributed by atoms with Gasteiger partial charge in [0.25, 0.3) is 10.0 Å². The number of sulfonamides is 1. The van der Waals surface area contributed by atoms with E-state index < -0.39 is 10.0 Å². The van der Waals surface area contributed by atoms with Crippen molar-refractivity contribution in [1.82, 2.24) is 0 Å². The summed E-state index contributed by atoms with van der Waals surface area (Å²) in [6, 6.07) is 15.4. The Bertz CT molecular complexity index is 985. The fourth-order valence-corrected chi connectivity index (χ4v) is 5.23. The zero-order chi connectivity index (χ0) is 19.0. The average molecular weight is 382 g/mol. The Morgan fingerprint density at radius 3 is 2.48 bits per heavy atom. The van der Waals surface area contributed by atoms with Crippen molar-refractivity contribution >= 4 is 27.3 Å². The van der Waals surface area contributed by atoms with Crippen LogP contribution in [0.4, 0.5) is 11.4 Å². The van der Waals surface area contributed by atoms with E-state index >= 15 is 0 Å². The molecule has 1 fully saturated rings. The van der Waals surface area contributed by atoms with Gasteiger partial charge in [0.15, 0.2) is 0 Å². The van der Waals surface area contributed by atoms with E-state index in [0.717, 1.165) is 12.8 Å². The van der Waals surface area contributed by atoms with Crippen LogP contribution in [0.15, 0.2) is 71.6 Å². The van der Waals surface area contributed by atoms with Gasteiger partial charge in [-0.1, -0.05) is 36.4 Å². The van der Waals surface area contributed by atoms with Crippen LogP contribution in [-0.4, -0.2) is 21.4 Å². The van der Waals surface area contributed by atoms with Crippen molar-refractivity contribution in [2.45, 2.75) is 17.7 Å². The predicted molar refractivity (Wildman–Crippen MR) is 106 cm³/mol. The molecular weight excluding hydrogens is 360 g/mol. The van der Waals surface area contributed by atoms with Crippen LogP contribution in [0.2, 0.25) is 0 Å². The Kier molecular flexibility index (Phi) is 4.52. The minimum atomic E-state index is -3.71. The third-order valence-electron chi connectivity index (χ3n) is 5.50. The largest absolute Gasteiger partial charge is 0.326 e. The standard InChI is InChI=1S/C21H22N2O3S/c1-23(18-7-3-2-4-8-18)27(25,26)19-9-5-6-17(14-19)22-21(24)20-13-15-10-11-16(20)12-15/h2-11,14-16,20H,12-13H2,1H3,(H,22,24)/t15-,16-,20+/m0/s1. The topological polar surface area (TPSA) is 66.5 Å². The lowest BCUT2D eigenvalue weighted by Crippen LogP contribution is -2.27. The first-order valence-corrected chi connectivity index (χ1v) is 10.5. The molecule has 4 rings (SSSR count). The first kappa shape index (κ1) is 17.8. The molecule has 0 radical (unpaired) electrons. The van der Waals surface area contributed by atoms with Crippen LogP contribution in [0.25, 0.3) is 0 Å². The second-order valence-corrected chi connectivity index (χ2v) is 9.18. The number of amides is 1. The molecule has 2 aromatic carbocycles. The van der Waals surface area contributed by atoms with Gasteiger partial charge in [-0.25, -0.2) is 8.42 Å². The van der Waals surface area contributed by atoms with E-state index in [1.165, 1.54) is 17.4 Å². The summed E-state index contributed by atoms with van der Waals surface area (Å²) < 4.78 is 27.1. The number of carbonyl (C=O) groups is 1. The Labute approximate surface area is 159 Å². The molecule has 2 aliphatic carbocycles. The quantitative estimate of drug-likeness (QED) is 0.803. The van der Waals surface area contributed by atoms with Crippen molar-refractivity contribution in [2.24, 2.45) is 17.8 Å². The van der Waals surface area contributed by atoms with Crippen LogP contribution in [0.5, 0.6) is 0 Å². The van der Waals surface area contributed by atoms with E-state index in [9.17, 15) is 13.2 Å². The second-order valence-electron chi connectivity index (χ2n) is 7.21. The van der Waals surface area contributed by atoms with Crippen LogP contribution in [-0.2, 0) is 14.8 Å². The van der Waals surface area contributed by atoms with E-state index in [2.05, 4.69) is 17.5 Å². The zero-order valence-corrected chi connectivity index (χ0v) is 15.9. The molecule has 0 aromatic heterocycles. The molecule has 3 atom stereocenters. The summed E-state index contributed by atoms with van der Waals surface area (Å²) in [7, 11) is -2.18. The predicted octanol–water partition coefficient (Wildman–Crippen LogP) is 3.66. The molecule has 0 aliphatic heterocycles. The van der Waals surface area contributed by atoms with Gasteiger partial charge >= 0.3 is 0 Å². The van der Waals surface area contributed by atoms with Gasteiger partial charge in [0, 0.05) is 18.7 Å². The second kappa shape index (κ2) is 6.85. The minimum Gasteiger partial charge on any atom is -0.326 e. The molecule has 1 N–H and O–H groups in total. The van der Waals surface area contributed by atoms with Crippen LogP contribution < -0.4 is 9.62 Å². The first-order valence-electron chi connectivity index (χ1n) is 9.08. The van der Waals surface area contributed by atoms with E-state index in [-0.39, 0.29) is 16.7 Å². The highest BCUT2D eigenvalue weighted by Crippen LogP contribution is 2.43. The number of anilines is 2. The fraction of sp³-hybridized carbons (Fsp3) is 0.286. The maximum atomic E-state index is 12.9. The molecule has 5 nitrogen and oxygen atoms in total. The Morgan fingerprint density at radius 1 is 1.04 bits per heavy atom. The zero-order valence-electron chi connectivity index (χ0n) is 15.1. The maximum Gasteiger partial charge on any atom is 0.264 e. The van der Waals surface area contributed by atoms with E-state index in [1.807, 2.05) is 6.07 Å². The summed E-state index contributed by atoms with van der Waals surface area (Å²) in [4.78, 5) is 12.8. The number of hydrogen-bond acceptors (Lipinski definition) is 3. The molecular formula is C21H22N2O3S. The fourth-order valence-electron chi connectivity index (χ4n) is 3.99. The lowest BCUT2D eigenvalue weighted by molar-refractivity contribution is -0.120. The molecule has 2 bridgehead atoms. The van der Waals surface area contributed by atoms with Gasteiger partial charge in [0.1, 0.15) is 0 Å². The molecule has 0 saturated heterocycles. The molecule has 1 saturated carbocycles. The van der Waals surface area contributed by atoms with E-state index in [1.54, 1.807) is 42.5 Å². The maximum absolute atomic E-state index is 12.9. The van der Waals surface area contributed by atoms with Crippen molar-refractivity contribution in [3.63, 3.8) is 0 Å². The van der Waals surface area contributed by atoms with Crippen molar-refractivity contribution < 1.29 is 13.2 Å². The minimum absolute atomic E-state index is 0.0211. The monoisotopic (exact) mass is 382 g/mol. The number of benzene rings is 2. The van der Waals surface area contributed by atoms with Crippen LogP contribution >= 0.6 is 0 Å². The number of hydrogen-bond donors (Lipinski definition) is 1. The molecule has 140 valence electrons. The Balaban J connectivity index is 1.53. The molecule has 6 heteroatoms. The van der Waals surface area contributed by atoms with Gasteiger partial charge in [-0.15, -0.1) is 0 Å². The van der Waals surface area contributed by atoms with Crippen molar-refractivity contribution in [3.05, 3.63) is 66.7 Å². The third-order valence-corrected chi connectivity index (χ3v) is 7.28. The lowest BCUT2D eigenvalue weighted by Gasteiger charge is -2.20. The molecule has 2 aromatic rings. The summed E-state index contributed by atoms with van der Waals surface area (Å²) >= 11 is 0. The van der Waals surface area contributed by atoms with Crippen LogP contribution in [0, 0.1) is 17.8 Å². The summed E-state index contributed by atoms with van der Waals surface area (Å²) in [5.74, 6) is 0.771. The number of rotatable bonds is 5. The molecule has 0 unspecified atom stereocenters. The van der Waals surface area contributed by atoms with Crippen LogP contribution in [0.3, 0.4) is 0 Å². The van der Waals surface area contributed by atoms with Gasteiger partial charge < -0.3 is 5.32 Å². The summed E-state index contributed by atoms with van der Waals surface area (Å²) in [5.41, 5.74) is 1.09. The highest BCUT2D eigenvalue weighted by Gasteiger charge is 2.39. The number of allylic oxidation sites excluding steroid dienone is 2. The molecule has 0 spiro atoms. The van der Waals surface area contributed by atoms with Gasteiger partial charge in [-0.2, -0.15) is 0 Å². The number of nitrogens with one attached hydrogen (secondary N) is 1. The highest BCUT2D eigenvalue weighted by molar-refractivity contribution is 7.92.